The summed E-state index contributed by atoms with van der Waals surface area (Å²) in [4.78, 5) is 39.2. The molecule has 2 aromatic rings. The van der Waals surface area contributed by atoms with Crippen LogP contribution in [0, 0.1) is 17.6 Å². The molecular weight excluding hydrogens is 500 g/mol. The number of nitrogens with zero attached hydrogens (tertiary/aromatic N) is 2. The zero-order chi connectivity index (χ0) is 27.7. The van der Waals surface area contributed by atoms with E-state index in [9.17, 15) is 19.5 Å². The number of anilines is 1. The van der Waals surface area contributed by atoms with Crippen LogP contribution >= 0.6 is 0 Å². The number of fused-ring (bicyclic) bond motifs is 2. The Hall–Kier alpha value is -3.31. The summed E-state index contributed by atoms with van der Waals surface area (Å²) in [6.07, 6.45) is 4.09. The summed E-state index contributed by atoms with van der Waals surface area (Å²) in [7, 11) is 0. The van der Waals surface area contributed by atoms with Crippen molar-refractivity contribution in [3.05, 3.63) is 45.8 Å². The molecule has 9 nitrogen and oxygen atoms in total. The average Bonchev–Trinajstić information content (AvgIpc) is 3.49. The number of nitrogens with two attached hydrogens (primary N) is 1. The molecule has 3 N–H and O–H groups in total. The molecule has 3 fully saturated rings. The summed E-state index contributed by atoms with van der Waals surface area (Å²) in [5, 5.41) is 9.21. The van der Waals surface area contributed by atoms with Gasteiger partial charge in [0.1, 0.15) is 28.5 Å². The van der Waals surface area contributed by atoms with E-state index in [1.54, 1.807) is 20.8 Å². The fraction of sp³-hybridized carbons (Fsp3) is 0.519. The van der Waals surface area contributed by atoms with Gasteiger partial charge in [-0.3, -0.25) is 9.59 Å². The fourth-order valence-electron chi connectivity index (χ4n) is 5.79. The van der Waals surface area contributed by atoms with Crippen LogP contribution in [0.2, 0.25) is 0 Å². The van der Waals surface area contributed by atoms with Crippen molar-refractivity contribution in [2.45, 2.75) is 63.3 Å². The number of carbonyl (C=O) groups is 2. The van der Waals surface area contributed by atoms with Crippen LogP contribution in [0.1, 0.15) is 62.0 Å². The molecule has 11 heteroatoms. The molecule has 3 atom stereocenters. The highest BCUT2D eigenvalue weighted by atomic mass is 19.1. The van der Waals surface area contributed by atoms with Crippen molar-refractivity contribution in [3.8, 4) is 0 Å². The Kier molecular flexibility index (Phi) is 6.14. The molecule has 0 spiro atoms. The Morgan fingerprint density at radius 2 is 1.97 bits per heavy atom. The number of carbonyl (C=O) groups excluding carboxylic acids is 1. The van der Waals surface area contributed by atoms with E-state index in [0.29, 0.717) is 25.9 Å². The first-order valence-electron chi connectivity index (χ1n) is 12.6. The van der Waals surface area contributed by atoms with Crippen LogP contribution in [0.3, 0.4) is 0 Å². The number of benzene rings is 1. The molecule has 1 aliphatic carbocycles. The molecule has 1 aromatic carbocycles. The van der Waals surface area contributed by atoms with E-state index in [-0.39, 0.29) is 41.5 Å². The number of carboxylic acids is 1. The molecule has 0 amide bonds. The zero-order valence-corrected chi connectivity index (χ0v) is 21.6. The van der Waals surface area contributed by atoms with Crippen molar-refractivity contribution >= 4 is 34.6 Å². The maximum Gasteiger partial charge on any atom is 0.341 e. The second-order valence-electron chi connectivity index (χ2n) is 11.3. The zero-order valence-electron chi connectivity index (χ0n) is 21.6. The summed E-state index contributed by atoms with van der Waals surface area (Å²) in [5.41, 5.74) is 2.00. The first-order valence-corrected chi connectivity index (χ1v) is 12.6. The Labute approximate surface area is 217 Å². The van der Waals surface area contributed by atoms with Crippen molar-refractivity contribution in [2.24, 2.45) is 11.7 Å². The fourth-order valence-corrected chi connectivity index (χ4v) is 5.79. The number of esters is 1. The molecule has 0 bridgehead atoms. The second kappa shape index (κ2) is 8.88. The predicted octanol–water partition coefficient (Wildman–Crippen LogP) is 3.22. The number of rotatable bonds is 6. The minimum absolute atomic E-state index is 0.0745. The lowest BCUT2D eigenvalue weighted by atomic mass is 9.84. The lowest BCUT2D eigenvalue weighted by molar-refractivity contribution is -0.164. The summed E-state index contributed by atoms with van der Waals surface area (Å²) in [6.45, 7) is 9.20. The average molecular weight is 532 g/mol. The van der Waals surface area contributed by atoms with Gasteiger partial charge < -0.3 is 29.8 Å². The largest absolute Gasteiger partial charge is 0.477 e. The highest BCUT2D eigenvalue weighted by Crippen LogP contribution is 2.46. The van der Waals surface area contributed by atoms with E-state index >= 15 is 8.78 Å². The van der Waals surface area contributed by atoms with Crippen molar-refractivity contribution < 1.29 is 33.0 Å². The maximum absolute atomic E-state index is 16.4. The molecule has 3 aliphatic rings. The van der Waals surface area contributed by atoms with Gasteiger partial charge in [0.2, 0.25) is 5.43 Å². The third kappa shape index (κ3) is 3.99. The standard InChI is InChI=1S/C27H31F2N3O6/c1-5-15-17-20(32(14-6-7-14)11-16(22(17)33)24(34)35)19(29)21(18(15)28)31-10-13-8-9-37-27(13,12-31)23(30)25(36)38-26(2,3)4/h5,11,13-14,23H,1,6-10,12,30H2,2-4H3,(H,34,35). The Morgan fingerprint density at radius 3 is 2.55 bits per heavy atom. The lowest BCUT2D eigenvalue weighted by Crippen LogP contribution is -2.58. The van der Waals surface area contributed by atoms with Gasteiger partial charge in [0.25, 0.3) is 0 Å². The van der Waals surface area contributed by atoms with Crippen LogP contribution in [0.15, 0.2) is 17.6 Å². The smallest absolute Gasteiger partial charge is 0.341 e. The summed E-state index contributed by atoms with van der Waals surface area (Å²) < 4.78 is 45.3. The first-order chi connectivity index (χ1) is 17.8. The van der Waals surface area contributed by atoms with E-state index in [1.165, 1.54) is 9.47 Å². The van der Waals surface area contributed by atoms with E-state index in [4.69, 9.17) is 15.2 Å². The Morgan fingerprint density at radius 1 is 1.29 bits per heavy atom. The Bertz CT molecular complexity index is 1430. The summed E-state index contributed by atoms with van der Waals surface area (Å²) >= 11 is 0. The number of aromatic nitrogens is 1. The molecule has 5 rings (SSSR count). The number of pyridine rings is 1. The van der Waals surface area contributed by atoms with Crippen molar-refractivity contribution in [1.82, 2.24) is 4.57 Å². The predicted molar refractivity (Wildman–Crippen MR) is 136 cm³/mol. The summed E-state index contributed by atoms with van der Waals surface area (Å²) in [6, 6.07) is -1.40. The minimum atomic E-state index is -1.48. The number of hydrogen-bond donors (Lipinski definition) is 2. The number of ether oxygens (including phenoxy) is 2. The van der Waals surface area contributed by atoms with Gasteiger partial charge in [-0.05, 0) is 40.0 Å². The molecular formula is C27H31F2N3O6. The maximum atomic E-state index is 16.4. The van der Waals surface area contributed by atoms with Crippen molar-refractivity contribution in [3.63, 3.8) is 0 Å². The molecule has 2 saturated heterocycles. The normalized spacial score (nSPS) is 23.9. The van der Waals surface area contributed by atoms with Crippen LogP contribution in [0.4, 0.5) is 14.5 Å². The van der Waals surface area contributed by atoms with Crippen LogP contribution in [0.25, 0.3) is 17.0 Å². The van der Waals surface area contributed by atoms with E-state index < -0.39 is 57.5 Å². The topological polar surface area (TPSA) is 124 Å². The number of carboxylic acid groups (broad SMARTS) is 1. The van der Waals surface area contributed by atoms with Crippen LogP contribution in [-0.2, 0) is 14.3 Å². The van der Waals surface area contributed by atoms with E-state index in [2.05, 4.69) is 6.58 Å². The monoisotopic (exact) mass is 531 g/mol. The molecule has 38 heavy (non-hydrogen) atoms. The van der Waals surface area contributed by atoms with E-state index in [0.717, 1.165) is 12.3 Å². The quantitative estimate of drug-likeness (QED) is 0.545. The molecule has 3 heterocycles. The van der Waals surface area contributed by atoms with Gasteiger partial charge in [0.15, 0.2) is 11.6 Å². The van der Waals surface area contributed by atoms with Gasteiger partial charge in [-0.1, -0.05) is 12.7 Å². The van der Waals surface area contributed by atoms with Gasteiger partial charge in [-0.15, -0.1) is 0 Å². The van der Waals surface area contributed by atoms with Gasteiger partial charge in [-0.25, -0.2) is 13.6 Å². The minimum Gasteiger partial charge on any atom is -0.477 e. The molecule has 204 valence electrons. The third-order valence-electron chi connectivity index (χ3n) is 7.65. The highest BCUT2D eigenvalue weighted by molar-refractivity contribution is 5.98. The van der Waals surface area contributed by atoms with Gasteiger partial charge in [-0.2, -0.15) is 0 Å². The van der Waals surface area contributed by atoms with Crippen LogP contribution < -0.4 is 16.1 Å². The summed E-state index contributed by atoms with van der Waals surface area (Å²) in [5.74, 6) is -4.46. The van der Waals surface area contributed by atoms with Gasteiger partial charge >= 0.3 is 11.9 Å². The van der Waals surface area contributed by atoms with E-state index in [1.807, 2.05) is 0 Å². The number of halogens is 2. The highest BCUT2D eigenvalue weighted by Gasteiger charge is 2.58. The van der Waals surface area contributed by atoms with Crippen molar-refractivity contribution in [2.75, 3.05) is 24.6 Å². The van der Waals surface area contributed by atoms with Gasteiger partial charge in [0.05, 0.1) is 10.9 Å². The molecule has 2 aliphatic heterocycles. The number of hydrogen-bond acceptors (Lipinski definition) is 7. The SMILES string of the molecule is C=Cc1c(F)c(N2CC3CCOC3(C(N)C(=O)OC(C)(C)C)C2)c(F)c2c1c(=O)c(C(=O)O)cn2C1CC1. The molecule has 3 unspecified atom stereocenters. The number of aromatic carboxylic acids is 1. The van der Waals surface area contributed by atoms with Crippen LogP contribution in [0.5, 0.6) is 0 Å². The van der Waals surface area contributed by atoms with Crippen molar-refractivity contribution in [1.29, 1.82) is 0 Å². The third-order valence-corrected chi connectivity index (χ3v) is 7.65. The van der Waals surface area contributed by atoms with Crippen LogP contribution in [-0.4, -0.2) is 58.6 Å². The molecule has 1 aromatic heterocycles. The molecule has 1 saturated carbocycles. The van der Waals surface area contributed by atoms with Gasteiger partial charge in [0, 0.05) is 43.4 Å². The Balaban J connectivity index is 1.66. The molecule has 0 radical (unpaired) electrons. The second-order valence-corrected chi connectivity index (χ2v) is 11.3. The lowest BCUT2D eigenvalue weighted by Gasteiger charge is -2.34. The first kappa shape index (κ1) is 26.3.